The van der Waals surface area contributed by atoms with Gasteiger partial charge in [0.15, 0.2) is 6.54 Å². The first-order chi connectivity index (χ1) is 9.54. The third kappa shape index (κ3) is 4.44. The second kappa shape index (κ2) is 7.02. The molecule has 3 nitrogen and oxygen atoms in total. The highest BCUT2D eigenvalue weighted by molar-refractivity contribution is 9.10. The quantitative estimate of drug-likeness (QED) is 0.850. The first-order valence-corrected chi connectivity index (χ1v) is 8.11. The Hall–Kier alpha value is -1.17. The van der Waals surface area contributed by atoms with E-state index in [9.17, 15) is 4.79 Å². The van der Waals surface area contributed by atoms with E-state index < -0.39 is 0 Å². The minimum atomic E-state index is 0.0424. The minimum absolute atomic E-state index is 0.0424. The van der Waals surface area contributed by atoms with Crippen LogP contribution in [0.4, 0.5) is 5.69 Å². The standard InChI is InChI=1S/C15H17BrN2OS/c1-11-8-12(5-6-14(11)16)17-15(19)10-18(2)9-13-4-3-7-20-13/h3-8H,9-10H2,1-2H3,(H,17,19)/p+1. The minimum Gasteiger partial charge on any atom is -0.325 e. The number of hydrogen-bond donors (Lipinski definition) is 2. The first-order valence-electron chi connectivity index (χ1n) is 6.44. The Balaban J connectivity index is 1.87. The molecule has 1 aromatic heterocycles. The third-order valence-corrected chi connectivity index (χ3v) is 4.73. The Kier molecular flexibility index (Phi) is 5.34. The van der Waals surface area contributed by atoms with E-state index in [0.717, 1.165) is 22.3 Å². The maximum atomic E-state index is 12.0. The van der Waals surface area contributed by atoms with Crippen molar-refractivity contribution in [3.63, 3.8) is 0 Å². The molecule has 0 bridgehead atoms. The summed E-state index contributed by atoms with van der Waals surface area (Å²) < 4.78 is 1.05. The number of halogens is 1. The number of hydrogen-bond acceptors (Lipinski definition) is 2. The van der Waals surface area contributed by atoms with Gasteiger partial charge < -0.3 is 10.2 Å². The number of nitrogens with one attached hydrogen (secondary N) is 2. The molecule has 0 aliphatic carbocycles. The number of aryl methyl sites for hydroxylation is 1. The molecule has 106 valence electrons. The molecule has 0 saturated heterocycles. The van der Waals surface area contributed by atoms with Crippen molar-refractivity contribution in [3.8, 4) is 0 Å². The number of anilines is 1. The van der Waals surface area contributed by atoms with E-state index in [1.165, 1.54) is 9.78 Å². The molecule has 1 amide bonds. The van der Waals surface area contributed by atoms with Crippen molar-refractivity contribution in [1.29, 1.82) is 0 Å². The molecular formula is C15H18BrN2OS+. The molecule has 0 saturated carbocycles. The highest BCUT2D eigenvalue weighted by atomic mass is 79.9. The summed E-state index contributed by atoms with van der Waals surface area (Å²) in [5.74, 6) is 0.0424. The van der Waals surface area contributed by atoms with Crippen molar-refractivity contribution < 1.29 is 9.69 Å². The smallest absolute Gasteiger partial charge is 0.279 e. The Morgan fingerprint density at radius 3 is 2.85 bits per heavy atom. The van der Waals surface area contributed by atoms with E-state index in [-0.39, 0.29) is 5.91 Å². The largest absolute Gasteiger partial charge is 0.325 e. The van der Waals surface area contributed by atoms with Crippen LogP contribution in [0.15, 0.2) is 40.2 Å². The van der Waals surface area contributed by atoms with Crippen LogP contribution in [0.1, 0.15) is 10.4 Å². The zero-order valence-corrected chi connectivity index (χ0v) is 14.0. The van der Waals surface area contributed by atoms with E-state index in [1.54, 1.807) is 11.3 Å². The predicted octanol–water partition coefficient (Wildman–Crippen LogP) is 2.47. The van der Waals surface area contributed by atoms with Gasteiger partial charge in [-0.15, -0.1) is 11.3 Å². The third-order valence-electron chi connectivity index (χ3n) is 2.96. The van der Waals surface area contributed by atoms with Crippen LogP contribution in [0.25, 0.3) is 0 Å². The molecule has 0 aliphatic rings. The van der Waals surface area contributed by atoms with Gasteiger partial charge in [-0.2, -0.15) is 0 Å². The summed E-state index contributed by atoms with van der Waals surface area (Å²) in [6.45, 7) is 3.35. The van der Waals surface area contributed by atoms with Crippen molar-refractivity contribution in [2.75, 3.05) is 18.9 Å². The van der Waals surface area contributed by atoms with Gasteiger partial charge in [0.25, 0.3) is 5.91 Å². The summed E-state index contributed by atoms with van der Waals surface area (Å²) >= 11 is 5.18. The Labute approximate surface area is 131 Å². The molecule has 1 atom stereocenters. The molecule has 1 unspecified atom stereocenters. The molecule has 0 aliphatic heterocycles. The van der Waals surface area contributed by atoms with Crippen molar-refractivity contribution in [1.82, 2.24) is 0 Å². The molecule has 20 heavy (non-hydrogen) atoms. The normalized spacial score (nSPS) is 12.2. The molecule has 0 fully saturated rings. The van der Waals surface area contributed by atoms with Crippen LogP contribution in [-0.2, 0) is 11.3 Å². The number of likely N-dealkylation sites (N-methyl/N-ethyl adjacent to an activating group) is 1. The predicted molar refractivity (Wildman–Crippen MR) is 87.3 cm³/mol. The maximum absolute atomic E-state index is 12.0. The number of quaternary nitrogens is 1. The zero-order chi connectivity index (χ0) is 14.5. The van der Waals surface area contributed by atoms with Gasteiger partial charge in [-0.05, 0) is 42.1 Å². The van der Waals surface area contributed by atoms with E-state index in [0.29, 0.717) is 6.54 Å². The van der Waals surface area contributed by atoms with Crippen molar-refractivity contribution >= 4 is 38.9 Å². The summed E-state index contributed by atoms with van der Waals surface area (Å²) in [6.07, 6.45) is 0. The van der Waals surface area contributed by atoms with Crippen LogP contribution in [-0.4, -0.2) is 19.5 Å². The number of carbonyl (C=O) groups excluding carboxylic acids is 1. The van der Waals surface area contributed by atoms with Gasteiger partial charge in [0, 0.05) is 10.2 Å². The molecule has 0 radical (unpaired) electrons. The molecule has 2 aromatic rings. The fourth-order valence-corrected chi connectivity index (χ4v) is 3.04. The summed E-state index contributed by atoms with van der Waals surface area (Å²) in [7, 11) is 2.03. The maximum Gasteiger partial charge on any atom is 0.279 e. The number of thiophene rings is 1. The lowest BCUT2D eigenvalue weighted by atomic mass is 10.2. The van der Waals surface area contributed by atoms with Crippen LogP contribution in [0.5, 0.6) is 0 Å². The topological polar surface area (TPSA) is 33.5 Å². The number of amides is 1. The second-order valence-electron chi connectivity index (χ2n) is 4.90. The number of benzene rings is 1. The van der Waals surface area contributed by atoms with Crippen LogP contribution in [0.3, 0.4) is 0 Å². The summed E-state index contributed by atoms with van der Waals surface area (Å²) in [4.78, 5) is 14.5. The monoisotopic (exact) mass is 353 g/mol. The van der Waals surface area contributed by atoms with Crippen LogP contribution in [0, 0.1) is 6.92 Å². The summed E-state index contributed by atoms with van der Waals surface area (Å²) in [6, 6.07) is 9.97. The van der Waals surface area contributed by atoms with Crippen LogP contribution >= 0.6 is 27.3 Å². The van der Waals surface area contributed by atoms with Crippen molar-refractivity contribution in [2.45, 2.75) is 13.5 Å². The summed E-state index contributed by atoms with van der Waals surface area (Å²) in [5, 5.41) is 5.01. The molecular weight excluding hydrogens is 336 g/mol. The van der Waals surface area contributed by atoms with Crippen molar-refractivity contribution in [3.05, 3.63) is 50.6 Å². The van der Waals surface area contributed by atoms with E-state index >= 15 is 0 Å². The zero-order valence-electron chi connectivity index (χ0n) is 11.6. The summed E-state index contributed by atoms with van der Waals surface area (Å²) in [5.41, 5.74) is 1.96. The van der Waals surface area contributed by atoms with Crippen LogP contribution in [0.2, 0.25) is 0 Å². The molecule has 1 aromatic carbocycles. The average molecular weight is 354 g/mol. The molecule has 1 heterocycles. The Morgan fingerprint density at radius 1 is 1.40 bits per heavy atom. The number of carbonyl (C=O) groups is 1. The van der Waals surface area contributed by atoms with Gasteiger partial charge in [-0.25, -0.2) is 0 Å². The lowest BCUT2D eigenvalue weighted by molar-refractivity contribution is -0.884. The SMILES string of the molecule is Cc1cc(NC(=O)C[NH+](C)Cc2cccs2)ccc1Br. The van der Waals surface area contributed by atoms with E-state index in [1.807, 2.05) is 38.2 Å². The lowest BCUT2D eigenvalue weighted by Gasteiger charge is -2.13. The fourth-order valence-electron chi connectivity index (χ4n) is 1.97. The van der Waals surface area contributed by atoms with Crippen molar-refractivity contribution in [2.24, 2.45) is 0 Å². The van der Waals surface area contributed by atoms with Gasteiger partial charge >= 0.3 is 0 Å². The molecule has 0 spiro atoms. The van der Waals surface area contributed by atoms with Gasteiger partial charge in [-0.3, -0.25) is 4.79 Å². The molecule has 2 N–H and O–H groups in total. The second-order valence-corrected chi connectivity index (χ2v) is 6.79. The van der Waals surface area contributed by atoms with Gasteiger partial charge in [0.2, 0.25) is 0 Å². The Morgan fingerprint density at radius 2 is 2.20 bits per heavy atom. The average Bonchev–Trinajstić information content (AvgIpc) is 2.86. The molecule has 5 heteroatoms. The van der Waals surface area contributed by atoms with Gasteiger partial charge in [-0.1, -0.05) is 22.0 Å². The first kappa shape index (κ1) is 15.2. The highest BCUT2D eigenvalue weighted by Crippen LogP contribution is 2.19. The fraction of sp³-hybridized carbons (Fsp3) is 0.267. The molecule has 2 rings (SSSR count). The van der Waals surface area contributed by atoms with Crippen LogP contribution < -0.4 is 10.2 Å². The van der Waals surface area contributed by atoms with Gasteiger partial charge in [0.1, 0.15) is 6.54 Å². The lowest BCUT2D eigenvalue weighted by Crippen LogP contribution is -3.08. The van der Waals surface area contributed by atoms with Gasteiger partial charge in [0.05, 0.1) is 11.9 Å². The number of rotatable bonds is 5. The van der Waals surface area contributed by atoms with E-state index in [4.69, 9.17) is 0 Å². The highest BCUT2D eigenvalue weighted by Gasteiger charge is 2.11. The van der Waals surface area contributed by atoms with E-state index in [2.05, 4.69) is 32.7 Å². The Bertz CT molecular complexity index is 584.